The highest BCUT2D eigenvalue weighted by Gasteiger charge is 2.36. The molecule has 0 unspecified atom stereocenters. The number of benzene rings is 2. The maximum atomic E-state index is 12.1. The largest absolute Gasteiger partial charge is 0.493 e. The number of carbonyl (C=O) groups excluding carboxylic acids is 2. The van der Waals surface area contributed by atoms with Gasteiger partial charge in [-0.2, -0.15) is 0 Å². The lowest BCUT2D eigenvalue weighted by Crippen LogP contribution is -2.35. The predicted octanol–water partition coefficient (Wildman–Crippen LogP) is 4.15. The Kier molecular flexibility index (Phi) is 5.52. The molecule has 1 aliphatic carbocycles. The van der Waals surface area contributed by atoms with Crippen molar-refractivity contribution in [1.82, 2.24) is 0 Å². The second-order valence-corrected chi connectivity index (χ2v) is 8.37. The Morgan fingerprint density at radius 1 is 1.06 bits per heavy atom. The number of cyclic esters (lactones) is 1. The van der Waals surface area contributed by atoms with Crippen LogP contribution in [0.1, 0.15) is 42.6 Å². The van der Waals surface area contributed by atoms with Crippen molar-refractivity contribution < 1.29 is 33.3 Å². The minimum atomic E-state index is -0.816. The normalized spacial score (nSPS) is 15.2. The minimum absolute atomic E-state index is 0.0116. The average molecular weight is 426 g/mol. The van der Waals surface area contributed by atoms with Gasteiger partial charge in [0, 0.05) is 11.1 Å². The second-order valence-electron chi connectivity index (χ2n) is 8.37. The molecule has 1 fully saturated rings. The second kappa shape index (κ2) is 8.13. The summed E-state index contributed by atoms with van der Waals surface area (Å²) in [6.07, 6.45) is 1.77. The molecule has 0 aromatic heterocycles. The zero-order valence-electron chi connectivity index (χ0n) is 18.2. The van der Waals surface area contributed by atoms with E-state index in [0.29, 0.717) is 22.8 Å². The Morgan fingerprint density at radius 2 is 1.81 bits per heavy atom. The molecule has 1 saturated carbocycles. The van der Waals surface area contributed by atoms with Crippen LogP contribution in [0.3, 0.4) is 0 Å². The summed E-state index contributed by atoms with van der Waals surface area (Å²) in [6.45, 7) is 4.01. The summed E-state index contributed by atoms with van der Waals surface area (Å²) in [4.78, 5) is 23.9. The highest BCUT2D eigenvalue weighted by atomic mass is 16.6. The number of esters is 2. The number of hydrogen-bond acceptors (Lipinski definition) is 7. The van der Waals surface area contributed by atoms with Gasteiger partial charge in [-0.25, -0.2) is 4.79 Å². The summed E-state index contributed by atoms with van der Waals surface area (Å²) in [5.41, 5.74) is 2.19. The highest BCUT2D eigenvalue weighted by molar-refractivity contribution is 5.94. The summed E-state index contributed by atoms with van der Waals surface area (Å²) in [6, 6.07) is 9.18. The van der Waals surface area contributed by atoms with Crippen LogP contribution in [0.5, 0.6) is 17.2 Å². The van der Waals surface area contributed by atoms with Gasteiger partial charge in [0.1, 0.15) is 18.8 Å². The van der Waals surface area contributed by atoms with Gasteiger partial charge in [-0.3, -0.25) is 4.79 Å². The number of fused-ring (bicyclic) bond motifs is 1. The molecule has 164 valence electrons. The van der Waals surface area contributed by atoms with Crippen molar-refractivity contribution in [2.24, 2.45) is 5.92 Å². The van der Waals surface area contributed by atoms with Crippen molar-refractivity contribution in [3.8, 4) is 28.4 Å². The molecule has 7 nitrogen and oxygen atoms in total. The quantitative estimate of drug-likeness (QED) is 0.587. The Balaban J connectivity index is 1.66. The monoisotopic (exact) mass is 426 g/mol. The lowest BCUT2D eigenvalue weighted by molar-refractivity contribution is -0.160. The van der Waals surface area contributed by atoms with Crippen LogP contribution in [0.2, 0.25) is 0 Å². The van der Waals surface area contributed by atoms with Crippen molar-refractivity contribution in [1.29, 1.82) is 0 Å². The molecule has 0 atom stereocenters. The summed E-state index contributed by atoms with van der Waals surface area (Å²) < 4.78 is 28.0. The third-order valence-electron chi connectivity index (χ3n) is 5.35. The van der Waals surface area contributed by atoms with Crippen LogP contribution in [0.15, 0.2) is 30.3 Å². The van der Waals surface area contributed by atoms with Gasteiger partial charge in [-0.05, 0) is 56.5 Å². The summed E-state index contributed by atoms with van der Waals surface area (Å²) >= 11 is 0. The maximum Gasteiger partial charge on any atom is 0.338 e. The Morgan fingerprint density at radius 3 is 2.48 bits per heavy atom. The molecular weight excluding hydrogens is 400 g/mol. The van der Waals surface area contributed by atoms with E-state index in [4.69, 9.17) is 23.7 Å². The van der Waals surface area contributed by atoms with Crippen LogP contribution in [-0.4, -0.2) is 38.4 Å². The molecule has 0 spiro atoms. The summed E-state index contributed by atoms with van der Waals surface area (Å²) in [5, 5.41) is 0. The van der Waals surface area contributed by atoms with Crippen LogP contribution in [0.4, 0.5) is 0 Å². The molecule has 7 heteroatoms. The molecule has 0 amide bonds. The molecule has 0 saturated heterocycles. The van der Waals surface area contributed by atoms with Crippen LogP contribution in [0, 0.1) is 5.92 Å². The minimum Gasteiger partial charge on any atom is -0.493 e. The van der Waals surface area contributed by atoms with E-state index in [1.54, 1.807) is 26.4 Å². The lowest BCUT2D eigenvalue weighted by Gasteiger charge is -2.27. The smallest absolute Gasteiger partial charge is 0.338 e. The van der Waals surface area contributed by atoms with Gasteiger partial charge in [0.15, 0.2) is 11.5 Å². The molecule has 31 heavy (non-hydrogen) atoms. The molecule has 0 bridgehead atoms. The van der Waals surface area contributed by atoms with E-state index in [0.717, 1.165) is 29.5 Å². The molecule has 0 radical (unpaired) electrons. The SMILES string of the molecule is COc1ccc(-c2ccc3c(c2)COC3=O)c(OCC(C)(C)OC(=O)C2CC2)c1OC. The van der Waals surface area contributed by atoms with Crippen LogP contribution in [0.25, 0.3) is 11.1 Å². The maximum absolute atomic E-state index is 12.1. The Hall–Kier alpha value is -3.22. The van der Waals surface area contributed by atoms with Crippen molar-refractivity contribution >= 4 is 11.9 Å². The third kappa shape index (κ3) is 4.31. The highest BCUT2D eigenvalue weighted by Crippen LogP contribution is 2.45. The van der Waals surface area contributed by atoms with E-state index in [1.165, 1.54) is 0 Å². The van der Waals surface area contributed by atoms with Gasteiger partial charge in [0.25, 0.3) is 0 Å². The number of methoxy groups -OCH3 is 2. The van der Waals surface area contributed by atoms with E-state index < -0.39 is 5.60 Å². The third-order valence-corrected chi connectivity index (χ3v) is 5.35. The van der Waals surface area contributed by atoms with E-state index in [2.05, 4.69) is 0 Å². The van der Waals surface area contributed by atoms with Gasteiger partial charge in [0.2, 0.25) is 5.75 Å². The van der Waals surface area contributed by atoms with Crippen LogP contribution < -0.4 is 14.2 Å². The first-order valence-electron chi connectivity index (χ1n) is 10.2. The number of carbonyl (C=O) groups is 2. The zero-order chi connectivity index (χ0) is 22.2. The zero-order valence-corrected chi connectivity index (χ0v) is 18.2. The first kappa shape index (κ1) is 21.0. The van der Waals surface area contributed by atoms with Gasteiger partial charge in [0.05, 0.1) is 25.7 Å². The van der Waals surface area contributed by atoms with E-state index >= 15 is 0 Å². The number of ether oxygens (including phenoxy) is 5. The molecule has 1 heterocycles. The fourth-order valence-electron chi connectivity index (χ4n) is 3.52. The first-order chi connectivity index (χ1) is 14.8. The number of hydrogen-bond donors (Lipinski definition) is 0. The molecule has 4 rings (SSSR count). The van der Waals surface area contributed by atoms with Crippen molar-refractivity contribution in [3.63, 3.8) is 0 Å². The number of rotatable bonds is 8. The molecule has 1 aliphatic heterocycles. The van der Waals surface area contributed by atoms with Crippen LogP contribution >= 0.6 is 0 Å². The van der Waals surface area contributed by atoms with Gasteiger partial charge in [-0.1, -0.05) is 6.07 Å². The predicted molar refractivity (Wildman–Crippen MR) is 112 cm³/mol. The molecule has 0 N–H and O–H groups in total. The molecule has 2 aliphatic rings. The van der Waals surface area contributed by atoms with E-state index in [1.807, 2.05) is 32.0 Å². The molecular formula is C24H26O7. The van der Waals surface area contributed by atoms with Crippen molar-refractivity contribution in [2.45, 2.75) is 38.9 Å². The fourth-order valence-corrected chi connectivity index (χ4v) is 3.52. The Bertz CT molecular complexity index is 1020. The van der Waals surface area contributed by atoms with Gasteiger partial charge in [-0.15, -0.1) is 0 Å². The van der Waals surface area contributed by atoms with E-state index in [-0.39, 0.29) is 31.1 Å². The van der Waals surface area contributed by atoms with Crippen molar-refractivity contribution in [2.75, 3.05) is 20.8 Å². The lowest BCUT2D eigenvalue weighted by atomic mass is 9.99. The Labute approximate surface area is 181 Å². The molecule has 2 aromatic carbocycles. The fraction of sp³-hybridized carbons (Fsp3) is 0.417. The average Bonchev–Trinajstić information content (AvgIpc) is 3.54. The van der Waals surface area contributed by atoms with Gasteiger partial charge < -0.3 is 23.7 Å². The van der Waals surface area contributed by atoms with E-state index in [9.17, 15) is 9.59 Å². The first-order valence-corrected chi connectivity index (χ1v) is 10.2. The van der Waals surface area contributed by atoms with Gasteiger partial charge >= 0.3 is 11.9 Å². The van der Waals surface area contributed by atoms with Crippen LogP contribution in [-0.2, 0) is 20.9 Å². The summed E-state index contributed by atoms with van der Waals surface area (Å²) in [7, 11) is 3.10. The molecule has 2 aromatic rings. The topological polar surface area (TPSA) is 80.3 Å². The standard InChI is InChI=1S/C24H26O7/c1-24(2,31-22(25)14-5-6-14)13-30-20-17(9-10-19(27-3)21(20)28-4)15-7-8-18-16(11-15)12-29-23(18)26/h7-11,14H,5-6,12-13H2,1-4H3. The summed E-state index contributed by atoms with van der Waals surface area (Å²) in [5.74, 6) is 0.949. The van der Waals surface area contributed by atoms with Crippen molar-refractivity contribution in [3.05, 3.63) is 41.5 Å².